The molecule has 2 atom stereocenters. The van der Waals surface area contributed by atoms with E-state index in [4.69, 9.17) is 9.47 Å². The summed E-state index contributed by atoms with van der Waals surface area (Å²) in [6.45, 7) is 16.0. The lowest BCUT2D eigenvalue weighted by Gasteiger charge is -2.27. The van der Waals surface area contributed by atoms with Crippen LogP contribution in [-0.4, -0.2) is 46.2 Å². The van der Waals surface area contributed by atoms with Crippen molar-refractivity contribution in [3.63, 3.8) is 0 Å². The maximum Gasteiger partial charge on any atom is 0.410 e. The molecule has 0 aliphatic carbocycles. The normalized spacial score (nSPS) is 18.6. The van der Waals surface area contributed by atoms with E-state index < -0.39 is 11.2 Å². The van der Waals surface area contributed by atoms with Crippen molar-refractivity contribution in [2.45, 2.75) is 65.6 Å². The molecule has 2 rings (SSSR count). The molecule has 1 saturated heterocycles. The molecule has 6 nitrogen and oxygen atoms in total. The average Bonchev–Trinajstić information content (AvgIpc) is 3.18. The number of amides is 1. The van der Waals surface area contributed by atoms with E-state index in [1.54, 1.807) is 17.2 Å². The lowest BCUT2D eigenvalue weighted by Crippen LogP contribution is -2.38. The summed E-state index contributed by atoms with van der Waals surface area (Å²) in [5, 5.41) is 0.876. The minimum atomic E-state index is -0.562. The number of nitrogens with zero attached hydrogens (tertiary/aromatic N) is 2. The summed E-state index contributed by atoms with van der Waals surface area (Å²) in [6, 6.07) is 0. The zero-order chi connectivity index (χ0) is 21.1. The van der Waals surface area contributed by atoms with Crippen LogP contribution < -0.4 is 0 Å². The zero-order valence-electron chi connectivity index (χ0n) is 17.8. The molecule has 28 heavy (non-hydrogen) atoms. The van der Waals surface area contributed by atoms with Gasteiger partial charge in [-0.25, -0.2) is 9.78 Å². The van der Waals surface area contributed by atoms with Crippen molar-refractivity contribution in [1.29, 1.82) is 0 Å². The van der Waals surface area contributed by atoms with E-state index in [1.807, 2.05) is 41.5 Å². The highest BCUT2D eigenvalue weighted by Crippen LogP contribution is 2.31. The third-order valence-electron chi connectivity index (χ3n) is 4.32. The van der Waals surface area contributed by atoms with Crippen LogP contribution >= 0.6 is 11.3 Å². The number of likely N-dealkylation sites (tertiary alicyclic amines) is 1. The number of carbonyl (C=O) groups is 2. The SMILES string of the molecule is C=Cc1cnc(C[C@H](C(=O)OC(C)(C)C)[C@H]2CCN(C(=O)OC(C)(C)C)C2)s1. The molecule has 1 amide bonds. The van der Waals surface area contributed by atoms with Gasteiger partial charge in [0, 0.05) is 30.6 Å². The fourth-order valence-corrected chi connectivity index (χ4v) is 3.96. The van der Waals surface area contributed by atoms with Gasteiger partial charge in [0.1, 0.15) is 11.2 Å². The van der Waals surface area contributed by atoms with Gasteiger partial charge in [0.2, 0.25) is 0 Å². The van der Waals surface area contributed by atoms with E-state index in [1.165, 1.54) is 11.3 Å². The first kappa shape index (κ1) is 22.4. The van der Waals surface area contributed by atoms with Crippen molar-refractivity contribution in [2.75, 3.05) is 13.1 Å². The minimum absolute atomic E-state index is 0.0125. The number of carbonyl (C=O) groups excluding carboxylic acids is 2. The van der Waals surface area contributed by atoms with Gasteiger partial charge in [-0.1, -0.05) is 12.7 Å². The zero-order valence-corrected chi connectivity index (χ0v) is 18.6. The topological polar surface area (TPSA) is 68.7 Å². The molecule has 7 heteroatoms. The summed E-state index contributed by atoms with van der Waals surface area (Å²) in [6.07, 6.45) is 4.43. The Bertz CT molecular complexity index is 715. The molecule has 1 aliphatic heterocycles. The van der Waals surface area contributed by atoms with Gasteiger partial charge in [-0.2, -0.15) is 0 Å². The van der Waals surface area contributed by atoms with Gasteiger partial charge >= 0.3 is 12.1 Å². The van der Waals surface area contributed by atoms with E-state index in [2.05, 4.69) is 11.6 Å². The Morgan fingerprint density at radius 1 is 1.29 bits per heavy atom. The van der Waals surface area contributed by atoms with Gasteiger partial charge in [0.25, 0.3) is 0 Å². The Morgan fingerprint density at radius 3 is 2.46 bits per heavy atom. The summed E-state index contributed by atoms with van der Waals surface area (Å²) in [5.74, 6) is -0.576. The molecule has 2 heterocycles. The van der Waals surface area contributed by atoms with Crippen LogP contribution in [0.4, 0.5) is 4.79 Å². The van der Waals surface area contributed by atoms with Gasteiger partial charge in [0.15, 0.2) is 0 Å². The van der Waals surface area contributed by atoms with Crippen LogP contribution in [0.15, 0.2) is 12.8 Å². The van der Waals surface area contributed by atoms with E-state index in [0.717, 1.165) is 16.3 Å². The average molecular weight is 409 g/mol. The van der Waals surface area contributed by atoms with Gasteiger partial charge in [0.05, 0.1) is 10.9 Å². The Labute approximate surface area is 171 Å². The van der Waals surface area contributed by atoms with Crippen LogP contribution in [0.5, 0.6) is 0 Å². The molecule has 1 aromatic rings. The number of hydrogen-bond acceptors (Lipinski definition) is 6. The molecule has 0 unspecified atom stereocenters. The van der Waals surface area contributed by atoms with Crippen molar-refractivity contribution in [3.05, 3.63) is 22.7 Å². The molecule has 156 valence electrons. The van der Waals surface area contributed by atoms with Crippen LogP contribution in [0.1, 0.15) is 57.8 Å². The maximum absolute atomic E-state index is 12.9. The highest BCUT2D eigenvalue weighted by atomic mass is 32.1. The van der Waals surface area contributed by atoms with Gasteiger partial charge < -0.3 is 14.4 Å². The number of hydrogen-bond donors (Lipinski definition) is 0. The molecule has 0 bridgehead atoms. The lowest BCUT2D eigenvalue weighted by molar-refractivity contribution is -0.161. The van der Waals surface area contributed by atoms with E-state index in [-0.39, 0.29) is 23.9 Å². The monoisotopic (exact) mass is 408 g/mol. The fraction of sp³-hybridized carbons (Fsp3) is 0.667. The summed E-state index contributed by atoms with van der Waals surface area (Å²) in [7, 11) is 0. The second kappa shape index (κ2) is 8.64. The number of thiazole rings is 1. The van der Waals surface area contributed by atoms with Crippen molar-refractivity contribution in [2.24, 2.45) is 11.8 Å². The fourth-order valence-electron chi connectivity index (χ4n) is 3.13. The Kier molecular flexibility index (Phi) is 6.91. The van der Waals surface area contributed by atoms with Crippen LogP contribution in [-0.2, 0) is 20.7 Å². The van der Waals surface area contributed by atoms with Crippen LogP contribution in [0.3, 0.4) is 0 Å². The first-order chi connectivity index (χ1) is 12.9. The summed E-state index contributed by atoms with van der Waals surface area (Å²) >= 11 is 1.53. The first-order valence-corrected chi connectivity index (χ1v) is 10.5. The standard InChI is InChI=1S/C21H32N2O4S/c1-8-15-12-22-17(28-15)11-16(18(24)26-20(2,3)4)14-9-10-23(13-14)19(25)27-21(5,6)7/h8,12,14,16H,1,9-11,13H2,2-7H3/t14-,16-/m0/s1. The third-order valence-corrected chi connectivity index (χ3v) is 5.34. The van der Waals surface area contributed by atoms with Crippen molar-refractivity contribution >= 4 is 29.5 Å². The third kappa shape index (κ3) is 6.62. The van der Waals surface area contributed by atoms with E-state index >= 15 is 0 Å². The summed E-state index contributed by atoms with van der Waals surface area (Å²) < 4.78 is 11.2. The number of ether oxygens (including phenoxy) is 2. The lowest BCUT2D eigenvalue weighted by atomic mass is 9.88. The van der Waals surface area contributed by atoms with Gasteiger partial charge in [-0.3, -0.25) is 4.79 Å². The van der Waals surface area contributed by atoms with Crippen molar-refractivity contribution in [3.8, 4) is 0 Å². The van der Waals surface area contributed by atoms with Crippen LogP contribution in [0.2, 0.25) is 0 Å². The van der Waals surface area contributed by atoms with Crippen molar-refractivity contribution in [1.82, 2.24) is 9.88 Å². The van der Waals surface area contributed by atoms with Gasteiger partial charge in [-0.05, 0) is 53.9 Å². The quantitative estimate of drug-likeness (QED) is 0.669. The van der Waals surface area contributed by atoms with Crippen LogP contribution in [0.25, 0.3) is 6.08 Å². The highest BCUT2D eigenvalue weighted by molar-refractivity contribution is 7.12. The second-order valence-electron chi connectivity index (χ2n) is 9.18. The molecule has 0 N–H and O–H groups in total. The second-order valence-corrected chi connectivity index (χ2v) is 10.3. The largest absolute Gasteiger partial charge is 0.460 e. The predicted molar refractivity (Wildman–Crippen MR) is 111 cm³/mol. The van der Waals surface area contributed by atoms with Gasteiger partial charge in [-0.15, -0.1) is 11.3 Å². The van der Waals surface area contributed by atoms with Crippen molar-refractivity contribution < 1.29 is 19.1 Å². The molecule has 1 aromatic heterocycles. The molecule has 0 saturated carbocycles. The highest BCUT2D eigenvalue weighted by Gasteiger charge is 2.39. The molecular formula is C21H32N2O4S. The molecule has 0 spiro atoms. The molecule has 0 aromatic carbocycles. The number of rotatable bonds is 5. The molecule has 1 aliphatic rings. The smallest absolute Gasteiger partial charge is 0.410 e. The minimum Gasteiger partial charge on any atom is -0.460 e. The van der Waals surface area contributed by atoms with E-state index in [9.17, 15) is 9.59 Å². The number of esters is 1. The Morgan fingerprint density at radius 2 is 1.93 bits per heavy atom. The summed E-state index contributed by atoms with van der Waals surface area (Å²) in [5.41, 5.74) is -1.10. The number of aromatic nitrogens is 1. The first-order valence-electron chi connectivity index (χ1n) is 9.66. The molecular weight excluding hydrogens is 376 g/mol. The Hall–Kier alpha value is -1.89. The van der Waals surface area contributed by atoms with E-state index in [0.29, 0.717) is 19.5 Å². The predicted octanol–water partition coefficient (Wildman–Crippen LogP) is 4.54. The maximum atomic E-state index is 12.9. The molecule has 1 fully saturated rings. The molecule has 0 radical (unpaired) electrons. The van der Waals surface area contributed by atoms with Crippen LogP contribution in [0, 0.1) is 11.8 Å². The summed E-state index contributed by atoms with van der Waals surface area (Å²) in [4.78, 5) is 32.4. The Balaban J connectivity index is 2.13.